The summed E-state index contributed by atoms with van der Waals surface area (Å²) in [6.07, 6.45) is 0. The Hall–Kier alpha value is -3.37. The van der Waals surface area contributed by atoms with Crippen molar-refractivity contribution < 1.29 is 14.7 Å². The van der Waals surface area contributed by atoms with Crippen molar-refractivity contribution in [3.63, 3.8) is 0 Å². The van der Waals surface area contributed by atoms with Crippen LogP contribution < -0.4 is 4.90 Å². The summed E-state index contributed by atoms with van der Waals surface area (Å²) in [5, 5.41) is 11.6. The van der Waals surface area contributed by atoms with Crippen LogP contribution in [0.3, 0.4) is 0 Å². The third kappa shape index (κ3) is 3.94. The number of aliphatic hydroxyl groups excluding tert-OH is 1. The van der Waals surface area contributed by atoms with Crippen LogP contribution in [0, 0.1) is 0 Å². The van der Waals surface area contributed by atoms with Crippen molar-refractivity contribution in [1.29, 1.82) is 0 Å². The highest BCUT2D eigenvalue weighted by molar-refractivity contribution is 6.51. The Morgan fingerprint density at radius 2 is 1.47 bits per heavy atom. The molecule has 1 fully saturated rings. The predicted molar refractivity (Wildman–Crippen MR) is 128 cm³/mol. The second-order valence-corrected chi connectivity index (χ2v) is 9.32. The summed E-state index contributed by atoms with van der Waals surface area (Å²) in [4.78, 5) is 27.8. The van der Waals surface area contributed by atoms with Crippen molar-refractivity contribution in [3.8, 4) is 0 Å². The Morgan fingerprint density at radius 1 is 0.875 bits per heavy atom. The third-order valence-electron chi connectivity index (χ3n) is 5.69. The van der Waals surface area contributed by atoms with Crippen molar-refractivity contribution in [2.45, 2.75) is 32.2 Å². The van der Waals surface area contributed by atoms with Gasteiger partial charge < -0.3 is 5.11 Å². The minimum absolute atomic E-state index is 0.0416. The molecule has 3 aromatic rings. The molecule has 1 N–H and O–H groups in total. The number of benzene rings is 3. The van der Waals surface area contributed by atoms with Crippen molar-refractivity contribution in [1.82, 2.24) is 0 Å². The minimum Gasteiger partial charge on any atom is -0.507 e. The molecule has 32 heavy (non-hydrogen) atoms. The number of anilines is 1. The largest absolute Gasteiger partial charge is 0.507 e. The molecule has 4 nitrogen and oxygen atoms in total. The maximum absolute atomic E-state index is 13.2. The van der Waals surface area contributed by atoms with Crippen LogP contribution in [0.2, 0.25) is 5.02 Å². The number of nitrogens with zero attached hydrogens (tertiary/aromatic N) is 1. The molecule has 1 aliphatic rings. The van der Waals surface area contributed by atoms with Gasteiger partial charge in [-0.2, -0.15) is 0 Å². The second-order valence-electron chi connectivity index (χ2n) is 8.88. The van der Waals surface area contributed by atoms with Crippen LogP contribution in [0.15, 0.2) is 84.4 Å². The summed E-state index contributed by atoms with van der Waals surface area (Å²) in [7, 11) is 0. The minimum atomic E-state index is -0.743. The first-order valence-corrected chi connectivity index (χ1v) is 10.8. The first-order valence-electron chi connectivity index (χ1n) is 10.4. The normalized spacial score (nSPS) is 18.2. The average Bonchev–Trinajstić information content (AvgIpc) is 3.04. The lowest BCUT2D eigenvalue weighted by Crippen LogP contribution is -2.29. The van der Waals surface area contributed by atoms with Crippen LogP contribution in [-0.2, 0) is 15.0 Å². The van der Waals surface area contributed by atoms with E-state index < -0.39 is 17.7 Å². The molecule has 1 unspecified atom stereocenters. The first-order chi connectivity index (χ1) is 15.2. The first kappa shape index (κ1) is 21.8. The highest BCUT2D eigenvalue weighted by atomic mass is 35.5. The Kier molecular flexibility index (Phi) is 5.66. The maximum atomic E-state index is 13.2. The molecular weight excluding hydrogens is 422 g/mol. The van der Waals surface area contributed by atoms with Crippen LogP contribution >= 0.6 is 11.6 Å². The number of hydrogen-bond acceptors (Lipinski definition) is 3. The molecular formula is C27H24ClNO3. The number of carbonyl (C=O) groups is 2. The maximum Gasteiger partial charge on any atom is 0.300 e. The number of rotatable bonds is 3. The van der Waals surface area contributed by atoms with Gasteiger partial charge in [0.1, 0.15) is 5.76 Å². The van der Waals surface area contributed by atoms with Crippen LogP contribution in [0.5, 0.6) is 0 Å². The molecule has 4 rings (SSSR count). The quantitative estimate of drug-likeness (QED) is 0.294. The number of Topliss-reactive ketones (excluding diaryl/α,β-unsaturated/α-hetero) is 1. The highest BCUT2D eigenvalue weighted by Crippen LogP contribution is 2.42. The van der Waals surface area contributed by atoms with E-state index in [2.05, 4.69) is 20.8 Å². The van der Waals surface area contributed by atoms with Gasteiger partial charge in [0.25, 0.3) is 11.7 Å². The van der Waals surface area contributed by atoms with Gasteiger partial charge in [-0.15, -0.1) is 0 Å². The molecule has 1 atom stereocenters. The second kappa shape index (κ2) is 8.29. The molecule has 3 aromatic carbocycles. The van der Waals surface area contributed by atoms with E-state index >= 15 is 0 Å². The Morgan fingerprint density at radius 3 is 2.03 bits per heavy atom. The van der Waals surface area contributed by atoms with E-state index in [9.17, 15) is 14.7 Å². The van der Waals surface area contributed by atoms with E-state index in [1.807, 2.05) is 54.6 Å². The molecule has 0 spiro atoms. The molecule has 0 radical (unpaired) electrons. The summed E-state index contributed by atoms with van der Waals surface area (Å²) in [5.74, 6) is -1.60. The van der Waals surface area contributed by atoms with Crippen LogP contribution in [0.25, 0.3) is 5.76 Å². The lowest BCUT2D eigenvalue weighted by molar-refractivity contribution is -0.132. The highest BCUT2D eigenvalue weighted by Gasteiger charge is 2.46. The van der Waals surface area contributed by atoms with E-state index in [-0.39, 0.29) is 16.7 Å². The number of amides is 1. The lowest BCUT2D eigenvalue weighted by atomic mass is 9.87. The zero-order valence-electron chi connectivity index (χ0n) is 18.2. The summed E-state index contributed by atoms with van der Waals surface area (Å²) < 4.78 is 0. The molecule has 0 saturated carbocycles. The zero-order valence-corrected chi connectivity index (χ0v) is 18.9. The number of hydrogen-bond donors (Lipinski definition) is 1. The summed E-state index contributed by atoms with van der Waals surface area (Å²) in [6, 6.07) is 22.7. The van der Waals surface area contributed by atoms with Gasteiger partial charge in [-0.3, -0.25) is 14.5 Å². The van der Waals surface area contributed by atoms with E-state index in [0.29, 0.717) is 16.3 Å². The van der Waals surface area contributed by atoms with Gasteiger partial charge in [0.05, 0.1) is 11.6 Å². The molecule has 162 valence electrons. The van der Waals surface area contributed by atoms with Crippen LogP contribution in [0.4, 0.5) is 5.69 Å². The fourth-order valence-electron chi connectivity index (χ4n) is 3.93. The van der Waals surface area contributed by atoms with Crippen molar-refractivity contribution in [2.75, 3.05) is 4.90 Å². The topological polar surface area (TPSA) is 57.6 Å². The van der Waals surface area contributed by atoms with Crippen molar-refractivity contribution in [3.05, 3.63) is 106 Å². The average molecular weight is 446 g/mol. The van der Waals surface area contributed by atoms with Crippen molar-refractivity contribution >= 4 is 34.7 Å². The molecule has 1 heterocycles. The van der Waals surface area contributed by atoms with Gasteiger partial charge >= 0.3 is 0 Å². The number of aliphatic hydroxyl groups is 1. The van der Waals surface area contributed by atoms with E-state index in [0.717, 1.165) is 11.1 Å². The SMILES string of the molecule is CC(C)(C)c1ccc(N2C(=O)C(=O)/C(=C(/O)c3ccc(Cl)cc3)C2c2ccccc2)cc1. The molecule has 5 heteroatoms. The monoisotopic (exact) mass is 445 g/mol. The number of halogens is 1. The fraction of sp³-hybridized carbons (Fsp3) is 0.185. The molecule has 1 amide bonds. The van der Waals surface area contributed by atoms with Gasteiger partial charge in [-0.1, -0.05) is 74.8 Å². The van der Waals surface area contributed by atoms with E-state index in [4.69, 9.17) is 11.6 Å². The van der Waals surface area contributed by atoms with Crippen LogP contribution in [0.1, 0.15) is 43.5 Å². The molecule has 0 aliphatic carbocycles. The summed E-state index contributed by atoms with van der Waals surface area (Å²) in [6.45, 7) is 6.35. The number of ketones is 1. The summed E-state index contributed by atoms with van der Waals surface area (Å²) in [5.41, 5.74) is 2.90. The molecule has 0 bridgehead atoms. The van der Waals surface area contributed by atoms with Gasteiger partial charge in [-0.05, 0) is 52.9 Å². The molecule has 1 aliphatic heterocycles. The number of carbonyl (C=O) groups excluding carboxylic acids is 2. The molecule has 0 aromatic heterocycles. The van der Waals surface area contributed by atoms with E-state index in [1.54, 1.807) is 24.3 Å². The van der Waals surface area contributed by atoms with E-state index in [1.165, 1.54) is 4.90 Å². The van der Waals surface area contributed by atoms with Crippen LogP contribution in [-0.4, -0.2) is 16.8 Å². The zero-order chi connectivity index (χ0) is 23.0. The summed E-state index contributed by atoms with van der Waals surface area (Å²) >= 11 is 5.97. The third-order valence-corrected chi connectivity index (χ3v) is 5.94. The van der Waals surface area contributed by atoms with Gasteiger partial charge in [0, 0.05) is 16.3 Å². The van der Waals surface area contributed by atoms with Crippen molar-refractivity contribution in [2.24, 2.45) is 0 Å². The Balaban J connectivity index is 1.88. The lowest BCUT2D eigenvalue weighted by Gasteiger charge is -2.26. The fourth-order valence-corrected chi connectivity index (χ4v) is 4.06. The predicted octanol–water partition coefficient (Wildman–Crippen LogP) is 6.26. The van der Waals surface area contributed by atoms with Gasteiger partial charge in [0.15, 0.2) is 0 Å². The smallest absolute Gasteiger partial charge is 0.300 e. The van der Waals surface area contributed by atoms with Gasteiger partial charge in [0.2, 0.25) is 0 Å². The Bertz CT molecular complexity index is 1190. The molecule has 1 saturated heterocycles. The standard InChI is InChI=1S/C27H24ClNO3/c1-27(2,3)19-11-15-21(16-12-19)29-23(17-7-5-4-6-8-17)22(25(31)26(29)32)24(30)18-9-13-20(28)14-10-18/h4-16,23,30H,1-3H3/b24-22+. The Labute approximate surface area is 192 Å². The van der Waals surface area contributed by atoms with Gasteiger partial charge in [-0.25, -0.2) is 0 Å².